The van der Waals surface area contributed by atoms with Gasteiger partial charge in [0.2, 0.25) is 5.91 Å². The third kappa shape index (κ3) is 1.68. The van der Waals surface area contributed by atoms with Gasteiger partial charge in [0, 0.05) is 24.5 Å². The Morgan fingerprint density at radius 3 is 2.67 bits per heavy atom. The summed E-state index contributed by atoms with van der Waals surface area (Å²) < 4.78 is 0. The molecule has 0 radical (unpaired) electrons. The number of carbonyl (C=O) groups excluding carboxylic acids is 1. The van der Waals surface area contributed by atoms with Crippen molar-refractivity contribution in [3.8, 4) is 0 Å². The number of carbonyl (C=O) groups is 1. The van der Waals surface area contributed by atoms with Gasteiger partial charge in [0.25, 0.3) is 0 Å². The highest BCUT2D eigenvalue weighted by Crippen LogP contribution is 2.44. The van der Waals surface area contributed by atoms with E-state index in [9.17, 15) is 4.79 Å². The molecular formula is C11H18N2OS. The van der Waals surface area contributed by atoms with Crippen LogP contribution in [0, 0.1) is 5.92 Å². The van der Waals surface area contributed by atoms with E-state index in [1.165, 1.54) is 6.42 Å². The summed E-state index contributed by atoms with van der Waals surface area (Å²) in [6.45, 7) is 1.85. The van der Waals surface area contributed by atoms with Crippen molar-refractivity contribution in [2.24, 2.45) is 11.7 Å². The van der Waals surface area contributed by atoms with Gasteiger partial charge in [-0.3, -0.25) is 4.79 Å². The van der Waals surface area contributed by atoms with Crippen LogP contribution >= 0.6 is 11.8 Å². The van der Waals surface area contributed by atoms with Gasteiger partial charge < -0.3 is 10.6 Å². The lowest BCUT2D eigenvalue weighted by atomic mass is 9.89. The first-order chi connectivity index (χ1) is 7.19. The minimum Gasteiger partial charge on any atom is -0.341 e. The monoisotopic (exact) mass is 226 g/mol. The summed E-state index contributed by atoms with van der Waals surface area (Å²) in [7, 11) is 0. The molecule has 0 bridgehead atoms. The highest BCUT2D eigenvalue weighted by molar-refractivity contribution is 8.00. The SMILES string of the molecule is NC1(C2CN(C(=O)C3CCCS3)C2)CC1. The smallest absolute Gasteiger partial charge is 0.235 e. The molecular weight excluding hydrogens is 208 g/mol. The van der Waals surface area contributed by atoms with E-state index in [0.717, 1.165) is 38.1 Å². The molecule has 0 spiro atoms. The van der Waals surface area contributed by atoms with E-state index in [1.807, 2.05) is 16.7 Å². The molecule has 1 amide bonds. The lowest BCUT2D eigenvalue weighted by molar-refractivity contribution is -0.137. The number of nitrogens with two attached hydrogens (primary N) is 1. The maximum absolute atomic E-state index is 12.0. The van der Waals surface area contributed by atoms with Gasteiger partial charge in [0.1, 0.15) is 0 Å². The molecule has 2 saturated heterocycles. The third-order valence-electron chi connectivity index (χ3n) is 4.04. The highest BCUT2D eigenvalue weighted by atomic mass is 32.2. The zero-order valence-electron chi connectivity index (χ0n) is 8.95. The van der Waals surface area contributed by atoms with Gasteiger partial charge in [-0.1, -0.05) is 0 Å². The minimum absolute atomic E-state index is 0.111. The fraction of sp³-hybridized carbons (Fsp3) is 0.909. The van der Waals surface area contributed by atoms with E-state index in [2.05, 4.69) is 0 Å². The predicted molar refractivity (Wildman–Crippen MR) is 61.7 cm³/mol. The Kier molecular flexibility index (Phi) is 2.25. The van der Waals surface area contributed by atoms with Crippen molar-refractivity contribution in [2.75, 3.05) is 18.8 Å². The number of thioether (sulfide) groups is 1. The van der Waals surface area contributed by atoms with E-state index in [1.54, 1.807) is 0 Å². The molecule has 0 aromatic carbocycles. The standard InChI is InChI=1S/C11H18N2OS/c12-11(3-4-11)8-6-13(7-8)10(14)9-2-1-5-15-9/h8-9H,1-7,12H2. The predicted octanol–water partition coefficient (Wildman–Crippen LogP) is 0.832. The lowest BCUT2D eigenvalue weighted by Crippen LogP contribution is -2.59. The third-order valence-corrected chi connectivity index (χ3v) is 5.40. The first-order valence-corrected chi connectivity index (χ1v) is 6.93. The number of amides is 1. The molecule has 3 fully saturated rings. The second kappa shape index (κ2) is 3.39. The van der Waals surface area contributed by atoms with Crippen LogP contribution in [0.15, 0.2) is 0 Å². The molecule has 0 aromatic heterocycles. The summed E-state index contributed by atoms with van der Waals surface area (Å²) in [5.74, 6) is 2.12. The van der Waals surface area contributed by atoms with Crippen LogP contribution in [0.5, 0.6) is 0 Å². The van der Waals surface area contributed by atoms with E-state index < -0.39 is 0 Å². The Morgan fingerprint density at radius 1 is 1.40 bits per heavy atom. The van der Waals surface area contributed by atoms with E-state index in [4.69, 9.17) is 5.73 Å². The topological polar surface area (TPSA) is 46.3 Å². The molecule has 2 N–H and O–H groups in total. The molecule has 1 unspecified atom stereocenters. The molecule has 4 heteroatoms. The molecule has 2 aliphatic heterocycles. The maximum Gasteiger partial charge on any atom is 0.235 e. The van der Waals surface area contributed by atoms with Gasteiger partial charge in [0.05, 0.1) is 5.25 Å². The summed E-state index contributed by atoms with van der Waals surface area (Å²) in [6.07, 6.45) is 4.62. The molecule has 3 aliphatic rings. The Morgan fingerprint density at radius 2 is 2.13 bits per heavy atom. The summed E-state index contributed by atoms with van der Waals surface area (Å²) in [6, 6.07) is 0. The number of hydrogen-bond acceptors (Lipinski definition) is 3. The highest BCUT2D eigenvalue weighted by Gasteiger charge is 2.52. The van der Waals surface area contributed by atoms with Gasteiger partial charge in [-0.15, -0.1) is 11.8 Å². The molecule has 0 aromatic rings. The van der Waals surface area contributed by atoms with Crippen LogP contribution in [-0.4, -0.2) is 40.4 Å². The fourth-order valence-electron chi connectivity index (χ4n) is 2.55. The Bertz CT molecular complexity index is 278. The van der Waals surface area contributed by atoms with Crippen LogP contribution < -0.4 is 5.73 Å². The summed E-state index contributed by atoms with van der Waals surface area (Å²) in [4.78, 5) is 14.0. The van der Waals surface area contributed by atoms with Crippen molar-refractivity contribution in [3.63, 3.8) is 0 Å². The van der Waals surface area contributed by atoms with Crippen LogP contribution in [0.1, 0.15) is 25.7 Å². The molecule has 2 heterocycles. The van der Waals surface area contributed by atoms with Crippen molar-refractivity contribution in [1.82, 2.24) is 4.90 Å². The van der Waals surface area contributed by atoms with Crippen molar-refractivity contribution in [2.45, 2.75) is 36.5 Å². The Hall–Kier alpha value is -0.220. The first kappa shape index (κ1) is 9.97. The fourth-order valence-corrected chi connectivity index (χ4v) is 3.79. The second-order valence-electron chi connectivity index (χ2n) is 5.17. The van der Waals surface area contributed by atoms with Crippen molar-refractivity contribution >= 4 is 17.7 Å². The van der Waals surface area contributed by atoms with Crippen LogP contribution in [0.3, 0.4) is 0 Å². The van der Waals surface area contributed by atoms with Gasteiger partial charge in [-0.2, -0.15) is 0 Å². The zero-order valence-corrected chi connectivity index (χ0v) is 9.76. The molecule has 84 valence electrons. The average Bonchev–Trinajstić information content (AvgIpc) is 2.69. The van der Waals surface area contributed by atoms with Crippen LogP contribution in [0.4, 0.5) is 0 Å². The molecule has 1 atom stereocenters. The minimum atomic E-state index is 0.111. The maximum atomic E-state index is 12.0. The van der Waals surface area contributed by atoms with Crippen LogP contribution in [0.25, 0.3) is 0 Å². The number of nitrogens with zero attached hydrogens (tertiary/aromatic N) is 1. The number of rotatable bonds is 2. The first-order valence-electron chi connectivity index (χ1n) is 5.88. The lowest BCUT2D eigenvalue weighted by Gasteiger charge is -2.43. The van der Waals surface area contributed by atoms with E-state index in [0.29, 0.717) is 11.8 Å². The normalized spacial score (nSPS) is 33.9. The summed E-state index contributed by atoms with van der Waals surface area (Å²) >= 11 is 1.83. The van der Waals surface area contributed by atoms with Gasteiger partial charge in [0.15, 0.2) is 0 Å². The molecule has 3 rings (SSSR count). The zero-order chi connectivity index (χ0) is 10.5. The van der Waals surface area contributed by atoms with Crippen molar-refractivity contribution < 1.29 is 4.79 Å². The van der Waals surface area contributed by atoms with Gasteiger partial charge in [-0.25, -0.2) is 0 Å². The Labute approximate surface area is 94.8 Å². The van der Waals surface area contributed by atoms with Crippen LogP contribution in [-0.2, 0) is 4.79 Å². The van der Waals surface area contributed by atoms with Gasteiger partial charge >= 0.3 is 0 Å². The van der Waals surface area contributed by atoms with E-state index >= 15 is 0 Å². The molecule has 15 heavy (non-hydrogen) atoms. The quantitative estimate of drug-likeness (QED) is 0.758. The summed E-state index contributed by atoms with van der Waals surface area (Å²) in [5, 5.41) is 0.263. The summed E-state index contributed by atoms with van der Waals surface area (Å²) in [5.41, 5.74) is 6.24. The number of hydrogen-bond donors (Lipinski definition) is 1. The van der Waals surface area contributed by atoms with Gasteiger partial charge in [-0.05, 0) is 31.4 Å². The van der Waals surface area contributed by atoms with Crippen molar-refractivity contribution in [3.05, 3.63) is 0 Å². The Balaban J connectivity index is 1.51. The van der Waals surface area contributed by atoms with Crippen molar-refractivity contribution in [1.29, 1.82) is 0 Å². The van der Waals surface area contributed by atoms with Crippen LogP contribution in [0.2, 0.25) is 0 Å². The molecule has 1 saturated carbocycles. The number of likely N-dealkylation sites (tertiary alicyclic amines) is 1. The second-order valence-corrected chi connectivity index (χ2v) is 6.49. The average molecular weight is 226 g/mol. The largest absolute Gasteiger partial charge is 0.341 e. The molecule has 1 aliphatic carbocycles. The van der Waals surface area contributed by atoms with E-state index in [-0.39, 0.29) is 10.8 Å². The molecule has 3 nitrogen and oxygen atoms in total.